The number of sulfonamides is 1. The van der Waals surface area contributed by atoms with Crippen LogP contribution in [0.1, 0.15) is 54.4 Å². The van der Waals surface area contributed by atoms with Crippen molar-refractivity contribution >= 4 is 33.4 Å². The molecule has 1 aromatic rings. The molecule has 1 aliphatic heterocycles. The van der Waals surface area contributed by atoms with Gasteiger partial charge in [0.15, 0.2) is 0 Å². The summed E-state index contributed by atoms with van der Waals surface area (Å²) in [7, 11) is -4.20. The van der Waals surface area contributed by atoms with Crippen molar-refractivity contribution in [3.63, 3.8) is 0 Å². The standard InChI is InChI=1S/C23H34N2O7S/c1-22(2,3)31-20(27)15-25(16-21(28)32-23(4,5)6)33(29,30)19-9-7-17(8-10-19)24-13-11-18(26)12-14-24/h7-10H,11-16H2,1-6H3. The molecule has 0 amide bonds. The first-order valence-electron chi connectivity index (χ1n) is 10.9. The average molecular weight is 483 g/mol. The molecule has 0 saturated carbocycles. The zero-order valence-corrected chi connectivity index (χ0v) is 21.0. The zero-order chi connectivity index (χ0) is 25.0. The van der Waals surface area contributed by atoms with Gasteiger partial charge in [-0.15, -0.1) is 0 Å². The van der Waals surface area contributed by atoms with E-state index in [2.05, 4.69) is 0 Å². The molecule has 10 heteroatoms. The Hall–Kier alpha value is -2.46. The van der Waals surface area contributed by atoms with E-state index in [-0.39, 0.29) is 10.7 Å². The Kier molecular flexibility index (Phi) is 8.29. The van der Waals surface area contributed by atoms with Gasteiger partial charge in [0.1, 0.15) is 30.1 Å². The number of nitrogens with zero attached hydrogens (tertiary/aromatic N) is 2. The predicted octanol–water partition coefficient (Wildman–Crippen LogP) is 2.53. The normalized spacial score (nSPS) is 15.5. The Balaban J connectivity index is 2.26. The molecule has 1 fully saturated rings. The third-order valence-electron chi connectivity index (χ3n) is 4.61. The average Bonchev–Trinajstić information content (AvgIpc) is 2.65. The number of ether oxygens (including phenoxy) is 2. The summed E-state index contributed by atoms with van der Waals surface area (Å²) < 4.78 is 37.9. The van der Waals surface area contributed by atoms with Crippen molar-refractivity contribution < 1.29 is 32.3 Å². The van der Waals surface area contributed by atoms with Crippen molar-refractivity contribution in [2.75, 3.05) is 31.1 Å². The van der Waals surface area contributed by atoms with Gasteiger partial charge >= 0.3 is 11.9 Å². The Morgan fingerprint density at radius 3 is 1.70 bits per heavy atom. The number of anilines is 1. The topological polar surface area (TPSA) is 110 Å². The number of piperidine rings is 1. The first-order valence-corrected chi connectivity index (χ1v) is 12.3. The van der Waals surface area contributed by atoms with Crippen LogP contribution >= 0.6 is 0 Å². The lowest BCUT2D eigenvalue weighted by Crippen LogP contribution is -2.43. The van der Waals surface area contributed by atoms with E-state index < -0.39 is 46.3 Å². The predicted molar refractivity (Wildman–Crippen MR) is 123 cm³/mol. The van der Waals surface area contributed by atoms with Gasteiger partial charge in [-0.25, -0.2) is 8.42 Å². The van der Waals surface area contributed by atoms with Gasteiger partial charge in [0.25, 0.3) is 0 Å². The molecule has 2 rings (SSSR count). The van der Waals surface area contributed by atoms with Crippen LogP contribution in [0, 0.1) is 0 Å². The fourth-order valence-corrected chi connectivity index (χ4v) is 4.58. The largest absolute Gasteiger partial charge is 0.459 e. The molecule has 1 aliphatic rings. The van der Waals surface area contributed by atoms with Crippen molar-refractivity contribution in [3.8, 4) is 0 Å². The quantitative estimate of drug-likeness (QED) is 0.545. The van der Waals surface area contributed by atoms with Crippen LogP contribution in [-0.4, -0.2) is 67.8 Å². The molecule has 0 radical (unpaired) electrons. The van der Waals surface area contributed by atoms with E-state index in [1.54, 1.807) is 53.7 Å². The van der Waals surface area contributed by atoms with Gasteiger partial charge in [-0.05, 0) is 65.8 Å². The molecule has 1 aromatic carbocycles. The highest BCUT2D eigenvalue weighted by Gasteiger charge is 2.32. The number of hydrogen-bond donors (Lipinski definition) is 0. The number of carbonyl (C=O) groups excluding carboxylic acids is 3. The summed E-state index contributed by atoms with van der Waals surface area (Å²) in [4.78, 5) is 38.2. The number of hydrogen-bond acceptors (Lipinski definition) is 8. The van der Waals surface area contributed by atoms with Crippen molar-refractivity contribution in [2.24, 2.45) is 0 Å². The van der Waals surface area contributed by atoms with Gasteiger partial charge in [-0.2, -0.15) is 4.31 Å². The van der Waals surface area contributed by atoms with E-state index in [4.69, 9.17) is 9.47 Å². The zero-order valence-electron chi connectivity index (χ0n) is 20.2. The first-order chi connectivity index (χ1) is 15.1. The molecule has 0 aliphatic carbocycles. The number of ketones is 1. The molecule has 0 aromatic heterocycles. The Bertz CT molecular complexity index is 934. The first kappa shape index (κ1) is 26.8. The fraction of sp³-hybridized carbons (Fsp3) is 0.609. The van der Waals surface area contributed by atoms with Crippen LogP contribution < -0.4 is 4.90 Å². The van der Waals surface area contributed by atoms with Crippen molar-refractivity contribution in [3.05, 3.63) is 24.3 Å². The fourth-order valence-electron chi connectivity index (χ4n) is 3.25. The van der Waals surface area contributed by atoms with Gasteiger partial charge in [0.05, 0.1) is 4.90 Å². The maximum Gasteiger partial charge on any atom is 0.321 e. The highest BCUT2D eigenvalue weighted by molar-refractivity contribution is 7.89. The number of benzene rings is 1. The number of rotatable bonds is 7. The number of carbonyl (C=O) groups is 3. The smallest absolute Gasteiger partial charge is 0.321 e. The lowest BCUT2D eigenvalue weighted by atomic mass is 10.1. The number of Topliss-reactive ketones (excluding diaryl/α,β-unsaturated/α-hetero) is 1. The van der Waals surface area contributed by atoms with Crippen LogP contribution in [0.3, 0.4) is 0 Å². The van der Waals surface area contributed by atoms with Gasteiger partial charge < -0.3 is 14.4 Å². The monoisotopic (exact) mass is 482 g/mol. The highest BCUT2D eigenvalue weighted by Crippen LogP contribution is 2.23. The molecule has 0 bridgehead atoms. The molecule has 0 unspecified atom stereocenters. The van der Waals surface area contributed by atoms with Crippen LogP contribution in [-0.2, 0) is 33.9 Å². The lowest BCUT2D eigenvalue weighted by molar-refractivity contribution is -0.157. The van der Waals surface area contributed by atoms with Crippen LogP contribution in [0.4, 0.5) is 5.69 Å². The minimum Gasteiger partial charge on any atom is -0.459 e. The van der Waals surface area contributed by atoms with E-state index in [9.17, 15) is 22.8 Å². The third-order valence-corrected chi connectivity index (χ3v) is 6.42. The summed E-state index contributed by atoms with van der Waals surface area (Å²) in [6.45, 7) is 9.92. The summed E-state index contributed by atoms with van der Waals surface area (Å²) in [6.07, 6.45) is 0.916. The summed E-state index contributed by atoms with van der Waals surface area (Å²) in [6, 6.07) is 6.17. The minimum absolute atomic E-state index is 0.0635. The van der Waals surface area contributed by atoms with Gasteiger partial charge in [0.2, 0.25) is 10.0 Å². The molecule has 9 nitrogen and oxygen atoms in total. The maximum absolute atomic E-state index is 13.3. The second-order valence-corrected chi connectivity index (χ2v) is 11.9. The van der Waals surface area contributed by atoms with Crippen molar-refractivity contribution in [1.29, 1.82) is 0 Å². The van der Waals surface area contributed by atoms with E-state index in [0.29, 0.717) is 25.9 Å². The second-order valence-electron chi connectivity index (χ2n) is 9.97. The van der Waals surface area contributed by atoms with Crippen LogP contribution in [0.25, 0.3) is 0 Å². The molecular formula is C23H34N2O7S. The molecule has 1 saturated heterocycles. The SMILES string of the molecule is CC(C)(C)OC(=O)CN(CC(=O)OC(C)(C)C)S(=O)(=O)c1ccc(N2CCC(=O)CC2)cc1. The van der Waals surface area contributed by atoms with Gasteiger partial charge in [-0.1, -0.05) is 0 Å². The lowest BCUT2D eigenvalue weighted by Gasteiger charge is -2.28. The maximum atomic E-state index is 13.3. The Morgan fingerprint density at radius 1 is 0.879 bits per heavy atom. The van der Waals surface area contributed by atoms with E-state index in [1.807, 2.05) is 4.90 Å². The van der Waals surface area contributed by atoms with E-state index >= 15 is 0 Å². The summed E-state index contributed by atoms with van der Waals surface area (Å²) >= 11 is 0. The summed E-state index contributed by atoms with van der Waals surface area (Å²) in [5.74, 6) is -1.33. The van der Waals surface area contributed by atoms with Gasteiger partial charge in [0, 0.05) is 31.6 Å². The second kappa shape index (κ2) is 10.2. The minimum atomic E-state index is -4.20. The molecule has 0 atom stereocenters. The molecule has 184 valence electrons. The van der Waals surface area contributed by atoms with E-state index in [1.165, 1.54) is 12.1 Å². The van der Waals surface area contributed by atoms with Crippen LogP contribution in [0.2, 0.25) is 0 Å². The molecule has 0 spiro atoms. The third kappa shape index (κ3) is 8.43. The van der Waals surface area contributed by atoms with Gasteiger partial charge in [-0.3, -0.25) is 14.4 Å². The number of esters is 2. The van der Waals surface area contributed by atoms with E-state index in [0.717, 1.165) is 9.99 Å². The Morgan fingerprint density at radius 2 is 1.30 bits per heavy atom. The molecule has 33 heavy (non-hydrogen) atoms. The van der Waals surface area contributed by atoms with Crippen LogP contribution in [0.15, 0.2) is 29.2 Å². The Labute approximate surface area is 196 Å². The summed E-state index contributed by atoms with van der Waals surface area (Å²) in [5.41, 5.74) is -0.821. The van der Waals surface area contributed by atoms with Crippen LogP contribution in [0.5, 0.6) is 0 Å². The van der Waals surface area contributed by atoms with Crippen molar-refractivity contribution in [1.82, 2.24) is 4.31 Å². The van der Waals surface area contributed by atoms with Crippen molar-refractivity contribution in [2.45, 2.75) is 70.5 Å². The molecule has 0 N–H and O–H groups in total. The summed E-state index contributed by atoms with van der Waals surface area (Å²) in [5, 5.41) is 0. The molecular weight excluding hydrogens is 448 g/mol. The highest BCUT2D eigenvalue weighted by atomic mass is 32.2. The molecule has 1 heterocycles.